The summed E-state index contributed by atoms with van der Waals surface area (Å²) >= 11 is 0. The minimum atomic E-state index is -3.87. The van der Waals surface area contributed by atoms with E-state index in [1.807, 2.05) is 0 Å². The maximum Gasteiger partial charge on any atom is 0.264 e. The van der Waals surface area contributed by atoms with E-state index in [9.17, 15) is 17.2 Å². The summed E-state index contributed by atoms with van der Waals surface area (Å²) < 4.78 is 59.7. The maximum atomic E-state index is 14.0. The highest BCUT2D eigenvalue weighted by Crippen LogP contribution is 2.26. The van der Waals surface area contributed by atoms with Gasteiger partial charge in [0, 0.05) is 28.9 Å². The Labute approximate surface area is 182 Å². The molecule has 2 N–H and O–H groups in total. The van der Waals surface area contributed by atoms with Crippen LogP contribution < -0.4 is 10.0 Å². The fourth-order valence-electron chi connectivity index (χ4n) is 2.83. The van der Waals surface area contributed by atoms with E-state index in [0.717, 1.165) is 12.1 Å². The first-order valence-electron chi connectivity index (χ1n) is 9.33. The molecular formula is C21H17F2N5O3S. The highest BCUT2D eigenvalue weighted by Gasteiger charge is 2.19. The Kier molecular flexibility index (Phi) is 5.57. The average molecular weight is 457 g/mol. The van der Waals surface area contributed by atoms with Crippen molar-refractivity contribution >= 4 is 27.4 Å². The summed E-state index contributed by atoms with van der Waals surface area (Å²) in [5.74, 6) is -1.02. The van der Waals surface area contributed by atoms with Crippen LogP contribution in [0, 0.1) is 25.5 Å². The van der Waals surface area contributed by atoms with E-state index in [1.54, 1.807) is 26.0 Å². The molecule has 0 saturated carbocycles. The largest absolute Gasteiger partial charge is 0.340 e. The lowest BCUT2D eigenvalue weighted by Crippen LogP contribution is -2.13. The molecule has 8 nitrogen and oxygen atoms in total. The third-order valence-electron chi connectivity index (χ3n) is 4.70. The van der Waals surface area contributed by atoms with Crippen molar-refractivity contribution in [2.45, 2.75) is 18.7 Å². The van der Waals surface area contributed by atoms with Crippen molar-refractivity contribution in [3.8, 4) is 11.3 Å². The van der Waals surface area contributed by atoms with Gasteiger partial charge in [0.1, 0.15) is 23.8 Å². The van der Waals surface area contributed by atoms with Gasteiger partial charge in [-0.25, -0.2) is 31.9 Å². The van der Waals surface area contributed by atoms with Crippen LogP contribution in [-0.4, -0.2) is 23.5 Å². The number of hydrogen-bond acceptors (Lipinski definition) is 7. The van der Waals surface area contributed by atoms with Crippen LogP contribution >= 0.6 is 0 Å². The van der Waals surface area contributed by atoms with Crippen LogP contribution in [0.25, 0.3) is 11.3 Å². The van der Waals surface area contributed by atoms with Gasteiger partial charge in [-0.15, -0.1) is 0 Å². The van der Waals surface area contributed by atoms with Gasteiger partial charge < -0.3 is 9.84 Å². The number of sulfonamides is 1. The Bertz CT molecular complexity index is 1390. The number of hydrogen-bond donors (Lipinski definition) is 2. The number of aryl methyl sites for hydroxylation is 1. The number of aromatic nitrogens is 3. The van der Waals surface area contributed by atoms with E-state index in [-0.39, 0.29) is 22.0 Å². The normalized spacial score (nSPS) is 11.4. The molecule has 0 fully saturated rings. The van der Waals surface area contributed by atoms with Gasteiger partial charge in [0.2, 0.25) is 5.88 Å². The minimum absolute atomic E-state index is 0.0215. The summed E-state index contributed by atoms with van der Waals surface area (Å²) in [5.41, 5.74) is 2.12. The lowest BCUT2D eigenvalue weighted by atomic mass is 10.1. The van der Waals surface area contributed by atoms with Gasteiger partial charge in [-0.3, -0.25) is 0 Å². The van der Waals surface area contributed by atoms with Crippen molar-refractivity contribution in [2.75, 3.05) is 10.0 Å². The summed E-state index contributed by atoms with van der Waals surface area (Å²) in [6, 6.07) is 10.6. The van der Waals surface area contributed by atoms with Gasteiger partial charge in [-0.05, 0) is 50.2 Å². The van der Waals surface area contributed by atoms with Crippen molar-refractivity contribution in [3.63, 3.8) is 0 Å². The Hall–Kier alpha value is -3.86. The van der Waals surface area contributed by atoms with Crippen LogP contribution in [0.2, 0.25) is 0 Å². The lowest BCUT2D eigenvalue weighted by molar-refractivity contribution is 0.430. The van der Waals surface area contributed by atoms with Crippen LogP contribution in [0.4, 0.5) is 26.2 Å². The number of nitrogens with one attached hydrogen (secondary N) is 2. The van der Waals surface area contributed by atoms with E-state index >= 15 is 0 Å². The van der Waals surface area contributed by atoms with Crippen molar-refractivity contribution < 1.29 is 21.7 Å². The molecule has 0 unspecified atom stereocenters. The summed E-state index contributed by atoms with van der Waals surface area (Å²) in [5, 5.41) is 6.72. The zero-order valence-electron chi connectivity index (χ0n) is 16.9. The first kappa shape index (κ1) is 21.4. The van der Waals surface area contributed by atoms with Crippen LogP contribution in [0.15, 0.2) is 64.3 Å². The first-order valence-corrected chi connectivity index (χ1v) is 10.8. The van der Waals surface area contributed by atoms with Gasteiger partial charge in [0.15, 0.2) is 0 Å². The quantitative estimate of drug-likeness (QED) is 0.436. The number of anilines is 3. The maximum absolute atomic E-state index is 14.0. The third-order valence-corrected chi connectivity index (χ3v) is 6.04. The zero-order valence-corrected chi connectivity index (χ0v) is 17.7. The molecule has 2 aromatic carbocycles. The van der Waals surface area contributed by atoms with Crippen LogP contribution in [0.1, 0.15) is 11.3 Å². The molecule has 2 heterocycles. The van der Waals surface area contributed by atoms with Crippen molar-refractivity contribution in [1.29, 1.82) is 0 Å². The highest BCUT2D eigenvalue weighted by atomic mass is 32.2. The lowest BCUT2D eigenvalue weighted by Gasteiger charge is -2.09. The monoisotopic (exact) mass is 457 g/mol. The summed E-state index contributed by atoms with van der Waals surface area (Å²) in [6.45, 7) is 3.41. The Morgan fingerprint density at radius 2 is 1.72 bits per heavy atom. The van der Waals surface area contributed by atoms with E-state index < -0.39 is 21.7 Å². The fourth-order valence-corrected chi connectivity index (χ4v) is 3.87. The number of rotatable bonds is 6. The molecule has 4 aromatic rings. The first-order chi connectivity index (χ1) is 15.2. The molecule has 0 aliphatic heterocycles. The summed E-state index contributed by atoms with van der Waals surface area (Å²) in [7, 11) is -3.87. The Balaban J connectivity index is 1.52. The zero-order chi connectivity index (χ0) is 22.9. The van der Waals surface area contributed by atoms with Crippen molar-refractivity contribution in [1.82, 2.24) is 15.1 Å². The number of nitrogens with zero attached hydrogens (tertiary/aromatic N) is 3. The second-order valence-electron chi connectivity index (χ2n) is 6.89. The van der Waals surface area contributed by atoms with E-state index in [2.05, 4.69) is 25.2 Å². The highest BCUT2D eigenvalue weighted by molar-refractivity contribution is 7.92. The van der Waals surface area contributed by atoms with Crippen LogP contribution in [0.3, 0.4) is 0 Å². The summed E-state index contributed by atoms with van der Waals surface area (Å²) in [4.78, 5) is 8.12. The smallest absolute Gasteiger partial charge is 0.264 e. The Morgan fingerprint density at radius 3 is 2.38 bits per heavy atom. The SMILES string of the molecule is Cc1noc(NS(=O)(=O)c2ccc(Nc3cc(-c4ccc(F)cc4F)ncn3)cc2)c1C. The molecule has 11 heteroatoms. The topological polar surface area (TPSA) is 110 Å². The molecular weight excluding hydrogens is 440 g/mol. The van der Waals surface area contributed by atoms with Crippen LogP contribution in [0.5, 0.6) is 0 Å². The van der Waals surface area contributed by atoms with Gasteiger partial charge in [0.05, 0.1) is 16.3 Å². The number of halogens is 2. The van der Waals surface area contributed by atoms with Gasteiger partial charge >= 0.3 is 0 Å². The standard InChI is InChI=1S/C21H17F2N5O3S/c1-12-13(2)27-31-21(12)28-32(29,30)16-6-4-15(5-7-16)26-20-10-19(24-11-25-20)17-8-3-14(22)9-18(17)23/h3-11,28H,1-2H3,(H,24,25,26). The van der Waals surface area contributed by atoms with E-state index in [0.29, 0.717) is 22.8 Å². The minimum Gasteiger partial charge on any atom is -0.340 e. The second-order valence-corrected chi connectivity index (χ2v) is 8.57. The molecule has 0 bridgehead atoms. The number of benzene rings is 2. The molecule has 0 radical (unpaired) electrons. The molecule has 0 spiro atoms. The van der Waals surface area contributed by atoms with Gasteiger partial charge in [0.25, 0.3) is 10.0 Å². The fraction of sp³-hybridized carbons (Fsp3) is 0.0952. The van der Waals surface area contributed by atoms with Crippen molar-refractivity contribution in [2.24, 2.45) is 0 Å². The molecule has 0 aliphatic rings. The second kappa shape index (κ2) is 8.35. The van der Waals surface area contributed by atoms with E-state index in [4.69, 9.17) is 4.52 Å². The molecule has 0 saturated heterocycles. The van der Waals surface area contributed by atoms with Crippen molar-refractivity contribution in [3.05, 3.63) is 77.8 Å². The molecule has 0 atom stereocenters. The third kappa shape index (κ3) is 4.42. The van der Waals surface area contributed by atoms with Crippen LogP contribution in [-0.2, 0) is 10.0 Å². The molecule has 4 rings (SSSR count). The average Bonchev–Trinajstić information content (AvgIpc) is 3.06. The molecule has 164 valence electrons. The Morgan fingerprint density at radius 1 is 0.969 bits per heavy atom. The molecule has 2 aromatic heterocycles. The van der Waals surface area contributed by atoms with E-state index in [1.165, 1.54) is 30.6 Å². The predicted molar refractivity (Wildman–Crippen MR) is 114 cm³/mol. The predicted octanol–water partition coefficient (Wildman–Crippen LogP) is 4.57. The molecule has 0 amide bonds. The van der Waals surface area contributed by atoms with Gasteiger partial charge in [-0.1, -0.05) is 5.16 Å². The molecule has 32 heavy (non-hydrogen) atoms. The summed E-state index contributed by atoms with van der Waals surface area (Å²) in [6.07, 6.45) is 1.24. The van der Waals surface area contributed by atoms with Gasteiger partial charge in [-0.2, -0.15) is 0 Å². The molecule has 0 aliphatic carbocycles.